The average Bonchev–Trinajstić information content (AvgIpc) is 3.03. The standard InChI is InChI=1S/C14H23N3OS/c1-5-10(2)13-12(9-18)19-14(15-13)17-7-6-11(8-17)16(3)4/h9-11H,5-8H2,1-4H3. The van der Waals surface area contributed by atoms with Crippen molar-refractivity contribution in [2.75, 3.05) is 32.1 Å². The largest absolute Gasteiger partial charge is 0.346 e. The van der Waals surface area contributed by atoms with Crippen molar-refractivity contribution in [2.24, 2.45) is 0 Å². The highest BCUT2D eigenvalue weighted by Gasteiger charge is 2.27. The van der Waals surface area contributed by atoms with E-state index in [4.69, 9.17) is 4.98 Å². The Morgan fingerprint density at radius 1 is 1.58 bits per heavy atom. The summed E-state index contributed by atoms with van der Waals surface area (Å²) >= 11 is 1.54. The molecule has 0 aliphatic carbocycles. The van der Waals surface area contributed by atoms with Crippen LogP contribution in [-0.2, 0) is 0 Å². The lowest BCUT2D eigenvalue weighted by Gasteiger charge is -2.19. The van der Waals surface area contributed by atoms with Crippen LogP contribution in [0.1, 0.15) is 48.0 Å². The monoisotopic (exact) mass is 281 g/mol. The van der Waals surface area contributed by atoms with E-state index >= 15 is 0 Å². The molecule has 0 saturated carbocycles. The topological polar surface area (TPSA) is 36.4 Å². The third kappa shape index (κ3) is 2.98. The van der Waals surface area contributed by atoms with Crippen LogP contribution in [0.3, 0.4) is 0 Å². The molecule has 5 heteroatoms. The van der Waals surface area contributed by atoms with Crippen LogP contribution in [0, 0.1) is 0 Å². The van der Waals surface area contributed by atoms with E-state index in [1.54, 1.807) is 11.3 Å². The van der Waals surface area contributed by atoms with Gasteiger partial charge in [-0.2, -0.15) is 0 Å². The highest BCUT2D eigenvalue weighted by molar-refractivity contribution is 7.17. The molecule has 0 bridgehead atoms. The van der Waals surface area contributed by atoms with Gasteiger partial charge in [0.15, 0.2) is 11.4 Å². The summed E-state index contributed by atoms with van der Waals surface area (Å²) in [6.07, 6.45) is 3.15. The second-order valence-corrected chi connectivity index (χ2v) is 6.53. The Hall–Kier alpha value is -0.940. The molecule has 2 unspecified atom stereocenters. The van der Waals surface area contributed by atoms with Gasteiger partial charge in [0, 0.05) is 19.1 Å². The van der Waals surface area contributed by atoms with E-state index in [0.29, 0.717) is 12.0 Å². The molecular formula is C14H23N3OS. The zero-order valence-corrected chi connectivity index (χ0v) is 13.0. The van der Waals surface area contributed by atoms with Crippen molar-refractivity contribution >= 4 is 22.8 Å². The quantitative estimate of drug-likeness (QED) is 0.777. The molecule has 0 radical (unpaired) electrons. The number of carbonyl (C=O) groups excluding carboxylic acids is 1. The summed E-state index contributed by atoms with van der Waals surface area (Å²) in [5.74, 6) is 0.359. The molecule has 1 saturated heterocycles. The molecule has 0 aromatic carbocycles. The first-order valence-corrected chi connectivity index (χ1v) is 7.75. The van der Waals surface area contributed by atoms with Crippen LogP contribution in [0.25, 0.3) is 0 Å². The Bertz CT molecular complexity index is 444. The predicted molar refractivity (Wildman–Crippen MR) is 80.5 cm³/mol. The smallest absolute Gasteiger partial charge is 0.186 e. The molecule has 2 rings (SSSR count). The fourth-order valence-corrected chi connectivity index (χ4v) is 3.47. The summed E-state index contributed by atoms with van der Waals surface area (Å²) < 4.78 is 0. The molecule has 1 fully saturated rings. The molecule has 0 amide bonds. The SMILES string of the molecule is CCC(C)c1nc(N2CCC(N(C)C)C2)sc1C=O. The summed E-state index contributed by atoms with van der Waals surface area (Å²) in [5, 5.41) is 1.02. The van der Waals surface area contributed by atoms with Gasteiger partial charge in [0.25, 0.3) is 0 Å². The number of rotatable bonds is 5. The lowest BCUT2D eigenvalue weighted by molar-refractivity contribution is 0.112. The third-order valence-corrected chi connectivity index (χ3v) is 5.08. The molecule has 2 heterocycles. The van der Waals surface area contributed by atoms with Crippen LogP contribution >= 0.6 is 11.3 Å². The van der Waals surface area contributed by atoms with E-state index in [2.05, 4.69) is 37.7 Å². The number of likely N-dealkylation sites (N-methyl/N-ethyl adjacent to an activating group) is 1. The second-order valence-electron chi connectivity index (χ2n) is 5.53. The van der Waals surface area contributed by atoms with E-state index in [1.807, 2.05) is 0 Å². The minimum absolute atomic E-state index is 0.359. The van der Waals surface area contributed by atoms with Crippen LogP contribution < -0.4 is 4.90 Å². The van der Waals surface area contributed by atoms with E-state index < -0.39 is 0 Å². The minimum atomic E-state index is 0.359. The maximum Gasteiger partial charge on any atom is 0.186 e. The molecule has 2 atom stereocenters. The van der Waals surface area contributed by atoms with Gasteiger partial charge in [0.1, 0.15) is 0 Å². The first kappa shape index (κ1) is 14.5. The molecular weight excluding hydrogens is 258 g/mol. The molecule has 1 aliphatic heterocycles. The predicted octanol–water partition coefficient (Wildman–Crippen LogP) is 2.61. The minimum Gasteiger partial charge on any atom is -0.346 e. The van der Waals surface area contributed by atoms with Gasteiger partial charge < -0.3 is 9.80 Å². The highest BCUT2D eigenvalue weighted by Crippen LogP contribution is 2.33. The zero-order valence-electron chi connectivity index (χ0n) is 12.2. The fourth-order valence-electron chi connectivity index (χ4n) is 2.43. The number of aromatic nitrogens is 1. The Morgan fingerprint density at radius 3 is 2.84 bits per heavy atom. The van der Waals surface area contributed by atoms with Gasteiger partial charge in [0.2, 0.25) is 0 Å². The third-order valence-electron chi connectivity index (χ3n) is 4.02. The number of carbonyl (C=O) groups is 1. The van der Waals surface area contributed by atoms with E-state index in [1.165, 1.54) is 6.42 Å². The highest BCUT2D eigenvalue weighted by atomic mass is 32.1. The molecule has 0 N–H and O–H groups in total. The normalized spacial score (nSPS) is 21.1. The molecule has 4 nitrogen and oxygen atoms in total. The zero-order chi connectivity index (χ0) is 14.0. The van der Waals surface area contributed by atoms with E-state index in [9.17, 15) is 4.79 Å². The van der Waals surface area contributed by atoms with Gasteiger partial charge in [-0.15, -0.1) is 0 Å². The number of anilines is 1. The molecule has 1 aliphatic rings. The van der Waals surface area contributed by atoms with Crippen molar-refractivity contribution in [3.63, 3.8) is 0 Å². The van der Waals surface area contributed by atoms with Crippen molar-refractivity contribution in [3.05, 3.63) is 10.6 Å². The Balaban J connectivity index is 2.18. The first-order chi connectivity index (χ1) is 9.06. The summed E-state index contributed by atoms with van der Waals surface area (Å²) in [6.45, 7) is 6.32. The Morgan fingerprint density at radius 2 is 2.32 bits per heavy atom. The Labute approximate surface area is 119 Å². The van der Waals surface area contributed by atoms with Crippen molar-refractivity contribution in [1.29, 1.82) is 0 Å². The molecule has 0 spiro atoms. The van der Waals surface area contributed by atoms with Crippen LogP contribution in [0.5, 0.6) is 0 Å². The van der Waals surface area contributed by atoms with Gasteiger partial charge in [0.05, 0.1) is 10.6 Å². The first-order valence-electron chi connectivity index (χ1n) is 6.94. The van der Waals surface area contributed by atoms with Gasteiger partial charge in [-0.05, 0) is 32.9 Å². The second kappa shape index (κ2) is 6.01. The van der Waals surface area contributed by atoms with E-state index in [-0.39, 0.29) is 0 Å². The average molecular weight is 281 g/mol. The van der Waals surface area contributed by atoms with E-state index in [0.717, 1.165) is 41.5 Å². The maximum atomic E-state index is 11.2. The number of hydrogen-bond donors (Lipinski definition) is 0. The molecule has 1 aromatic rings. The van der Waals surface area contributed by atoms with Crippen LogP contribution in [0.15, 0.2) is 0 Å². The molecule has 1 aromatic heterocycles. The van der Waals surface area contributed by atoms with Crippen LogP contribution in [-0.4, -0.2) is 49.4 Å². The Kier molecular flexibility index (Phi) is 4.58. The fraction of sp³-hybridized carbons (Fsp3) is 0.714. The lowest BCUT2D eigenvalue weighted by atomic mass is 10.0. The van der Waals surface area contributed by atoms with Crippen molar-refractivity contribution in [2.45, 2.75) is 38.6 Å². The summed E-state index contributed by atoms with van der Waals surface area (Å²) in [4.78, 5) is 21.3. The lowest BCUT2D eigenvalue weighted by Crippen LogP contribution is -2.31. The van der Waals surface area contributed by atoms with Crippen molar-refractivity contribution < 1.29 is 4.79 Å². The van der Waals surface area contributed by atoms with Crippen LogP contribution in [0.4, 0.5) is 5.13 Å². The number of nitrogens with zero attached hydrogens (tertiary/aromatic N) is 3. The maximum absolute atomic E-state index is 11.2. The number of thiazole rings is 1. The van der Waals surface area contributed by atoms with Crippen molar-refractivity contribution in [1.82, 2.24) is 9.88 Å². The summed E-state index contributed by atoms with van der Waals surface area (Å²) in [6, 6.07) is 0.593. The summed E-state index contributed by atoms with van der Waals surface area (Å²) in [5.41, 5.74) is 0.978. The molecule has 19 heavy (non-hydrogen) atoms. The van der Waals surface area contributed by atoms with Crippen LogP contribution in [0.2, 0.25) is 0 Å². The van der Waals surface area contributed by atoms with Gasteiger partial charge >= 0.3 is 0 Å². The van der Waals surface area contributed by atoms with Gasteiger partial charge in [-0.3, -0.25) is 4.79 Å². The van der Waals surface area contributed by atoms with Gasteiger partial charge in [-0.1, -0.05) is 25.2 Å². The summed E-state index contributed by atoms with van der Waals surface area (Å²) in [7, 11) is 4.24. The molecule has 106 valence electrons. The van der Waals surface area contributed by atoms with Crippen molar-refractivity contribution in [3.8, 4) is 0 Å². The number of hydrogen-bond acceptors (Lipinski definition) is 5. The number of aldehydes is 1. The van der Waals surface area contributed by atoms with Gasteiger partial charge in [-0.25, -0.2) is 4.98 Å².